The number of pyridine rings is 1. The molecule has 108 valence electrons. The Morgan fingerprint density at radius 1 is 1.24 bits per heavy atom. The molecule has 5 heteroatoms. The highest BCUT2D eigenvalue weighted by Crippen LogP contribution is 2.15. The Bertz CT molecular complexity index is 622. The highest BCUT2D eigenvalue weighted by Gasteiger charge is 2.03. The molecule has 0 unspecified atom stereocenters. The minimum absolute atomic E-state index is 0.253. The minimum atomic E-state index is 0.253. The number of hydrogen-bond acceptors (Lipinski definition) is 4. The van der Waals surface area contributed by atoms with Gasteiger partial charge in [-0.25, -0.2) is 4.98 Å². The van der Waals surface area contributed by atoms with Crippen molar-refractivity contribution in [3.05, 3.63) is 53.2 Å². The molecule has 0 spiro atoms. The van der Waals surface area contributed by atoms with Gasteiger partial charge in [0.2, 0.25) is 0 Å². The van der Waals surface area contributed by atoms with E-state index in [9.17, 15) is 0 Å². The van der Waals surface area contributed by atoms with E-state index in [-0.39, 0.29) is 5.69 Å². The van der Waals surface area contributed by atoms with Crippen LogP contribution in [0.1, 0.15) is 12.1 Å². The molecule has 4 nitrogen and oxygen atoms in total. The Morgan fingerprint density at radius 2 is 2.00 bits per heavy atom. The summed E-state index contributed by atoms with van der Waals surface area (Å²) in [5.41, 5.74) is 1.46. The van der Waals surface area contributed by atoms with Crippen LogP contribution in [0.4, 0.5) is 11.5 Å². The van der Waals surface area contributed by atoms with Crippen molar-refractivity contribution in [2.45, 2.75) is 6.42 Å². The third kappa shape index (κ3) is 4.37. The third-order valence-electron chi connectivity index (χ3n) is 3.13. The summed E-state index contributed by atoms with van der Waals surface area (Å²) >= 11 is 5.85. The number of nitriles is 1. The van der Waals surface area contributed by atoms with Crippen LogP contribution in [0.3, 0.4) is 0 Å². The topological polar surface area (TPSA) is 52.0 Å². The van der Waals surface area contributed by atoms with Gasteiger partial charge in [-0.3, -0.25) is 0 Å². The Labute approximate surface area is 130 Å². The molecule has 21 heavy (non-hydrogen) atoms. The van der Waals surface area contributed by atoms with E-state index in [1.54, 1.807) is 12.1 Å². The maximum absolute atomic E-state index is 8.88. The van der Waals surface area contributed by atoms with Crippen LogP contribution in [0.25, 0.3) is 0 Å². The number of nitrogens with one attached hydrogen (secondary N) is 1. The predicted molar refractivity (Wildman–Crippen MR) is 86.8 cm³/mol. The number of halogens is 1. The first-order valence-corrected chi connectivity index (χ1v) is 7.15. The molecule has 1 N–H and O–H groups in total. The van der Waals surface area contributed by atoms with Crippen molar-refractivity contribution in [3.63, 3.8) is 0 Å². The monoisotopic (exact) mass is 300 g/mol. The molecule has 0 bridgehead atoms. The summed E-state index contributed by atoms with van der Waals surface area (Å²) in [5.74, 6) is 0.679. The molecule has 1 aromatic heterocycles. The van der Waals surface area contributed by atoms with Gasteiger partial charge in [-0.05, 0) is 30.7 Å². The fraction of sp³-hybridized carbons (Fsp3) is 0.250. The second kappa shape index (κ2) is 7.51. The van der Waals surface area contributed by atoms with E-state index >= 15 is 0 Å². The number of nitrogens with zero attached hydrogens (tertiary/aromatic N) is 3. The molecule has 1 heterocycles. The summed E-state index contributed by atoms with van der Waals surface area (Å²) in [4.78, 5) is 6.35. The van der Waals surface area contributed by atoms with E-state index in [4.69, 9.17) is 16.9 Å². The molecule has 2 rings (SSSR count). The largest absolute Gasteiger partial charge is 0.375 e. The van der Waals surface area contributed by atoms with Crippen LogP contribution in [-0.4, -0.2) is 25.1 Å². The third-order valence-corrected chi connectivity index (χ3v) is 3.43. The molecule has 0 saturated carbocycles. The predicted octanol–water partition coefficient (Wildman–Crippen LogP) is 3.55. The van der Waals surface area contributed by atoms with Gasteiger partial charge in [-0.2, -0.15) is 5.26 Å². The van der Waals surface area contributed by atoms with Gasteiger partial charge < -0.3 is 10.2 Å². The van der Waals surface area contributed by atoms with Gasteiger partial charge in [-0.15, -0.1) is 0 Å². The summed E-state index contributed by atoms with van der Waals surface area (Å²) in [5, 5.41) is 12.5. The number of hydrogen-bond donors (Lipinski definition) is 1. The molecule has 0 amide bonds. The van der Waals surface area contributed by atoms with Gasteiger partial charge in [0, 0.05) is 25.8 Å². The van der Waals surface area contributed by atoms with Crippen molar-refractivity contribution in [2.24, 2.45) is 0 Å². The van der Waals surface area contributed by atoms with Crippen molar-refractivity contribution in [1.29, 1.82) is 5.26 Å². The zero-order chi connectivity index (χ0) is 15.1. The van der Waals surface area contributed by atoms with Crippen LogP contribution in [0.2, 0.25) is 5.02 Å². The maximum Gasteiger partial charge on any atom is 0.161 e. The van der Waals surface area contributed by atoms with Crippen LogP contribution in [0.15, 0.2) is 42.5 Å². The molecule has 1 aromatic carbocycles. The van der Waals surface area contributed by atoms with Crippen molar-refractivity contribution in [3.8, 4) is 6.07 Å². The van der Waals surface area contributed by atoms with Crippen molar-refractivity contribution in [2.75, 3.05) is 30.4 Å². The molecule has 0 fully saturated rings. The number of para-hydroxylation sites is 1. The van der Waals surface area contributed by atoms with E-state index in [0.29, 0.717) is 10.8 Å². The van der Waals surface area contributed by atoms with E-state index in [1.165, 1.54) is 5.69 Å². The normalized spacial score (nSPS) is 9.95. The van der Waals surface area contributed by atoms with Gasteiger partial charge in [0.1, 0.15) is 11.9 Å². The zero-order valence-electron chi connectivity index (χ0n) is 11.9. The van der Waals surface area contributed by atoms with Gasteiger partial charge in [-0.1, -0.05) is 29.8 Å². The number of anilines is 2. The quantitative estimate of drug-likeness (QED) is 0.829. The van der Waals surface area contributed by atoms with Crippen LogP contribution in [0.5, 0.6) is 0 Å². The number of rotatable bonds is 6. The maximum atomic E-state index is 8.88. The molecule has 0 atom stereocenters. The molecule has 2 aromatic rings. The van der Waals surface area contributed by atoms with Gasteiger partial charge in [0.15, 0.2) is 5.69 Å². The van der Waals surface area contributed by atoms with Gasteiger partial charge >= 0.3 is 0 Å². The second-order valence-corrected chi connectivity index (χ2v) is 5.08. The zero-order valence-corrected chi connectivity index (χ0v) is 12.6. The Morgan fingerprint density at radius 3 is 2.71 bits per heavy atom. The lowest BCUT2D eigenvalue weighted by atomic mass is 10.3. The first-order chi connectivity index (χ1) is 10.2. The van der Waals surface area contributed by atoms with E-state index in [0.717, 1.165) is 19.5 Å². The molecular formula is C16H17ClN4. The molecule has 0 aliphatic heterocycles. The van der Waals surface area contributed by atoms with E-state index in [1.807, 2.05) is 24.3 Å². The van der Waals surface area contributed by atoms with Crippen LogP contribution < -0.4 is 10.2 Å². The SMILES string of the molecule is CN(CCCNc1ccc(Cl)c(C#N)n1)c1ccccc1. The average Bonchev–Trinajstić information content (AvgIpc) is 2.53. The first kappa shape index (κ1) is 15.1. The lowest BCUT2D eigenvalue weighted by molar-refractivity contribution is 0.814. The summed E-state index contributed by atoms with van der Waals surface area (Å²) in [6.07, 6.45) is 0.970. The Hall–Kier alpha value is -2.25. The molecule has 0 saturated heterocycles. The minimum Gasteiger partial charge on any atom is -0.375 e. The fourth-order valence-corrected chi connectivity index (χ4v) is 2.11. The van der Waals surface area contributed by atoms with Gasteiger partial charge in [0.25, 0.3) is 0 Å². The van der Waals surface area contributed by atoms with Gasteiger partial charge in [0.05, 0.1) is 5.02 Å². The Balaban J connectivity index is 1.79. The van der Waals surface area contributed by atoms with Crippen molar-refractivity contribution in [1.82, 2.24) is 4.98 Å². The number of benzene rings is 1. The van der Waals surface area contributed by atoms with Crippen molar-refractivity contribution < 1.29 is 0 Å². The highest BCUT2D eigenvalue weighted by molar-refractivity contribution is 6.31. The van der Waals surface area contributed by atoms with E-state index in [2.05, 4.69) is 34.4 Å². The lowest BCUT2D eigenvalue weighted by Gasteiger charge is -2.19. The highest BCUT2D eigenvalue weighted by atomic mass is 35.5. The van der Waals surface area contributed by atoms with Crippen LogP contribution >= 0.6 is 11.6 Å². The van der Waals surface area contributed by atoms with E-state index < -0.39 is 0 Å². The first-order valence-electron chi connectivity index (χ1n) is 6.77. The lowest BCUT2D eigenvalue weighted by Crippen LogP contribution is -2.20. The standard InChI is InChI=1S/C16H17ClN4/c1-21(13-6-3-2-4-7-13)11-5-10-19-16-9-8-14(17)15(12-18)20-16/h2-4,6-9H,5,10-11H2,1H3,(H,19,20). The smallest absolute Gasteiger partial charge is 0.161 e. The summed E-state index contributed by atoms with van der Waals surface area (Å²) in [7, 11) is 2.07. The summed E-state index contributed by atoms with van der Waals surface area (Å²) in [6, 6.07) is 15.7. The van der Waals surface area contributed by atoms with Crippen LogP contribution in [0, 0.1) is 11.3 Å². The average molecular weight is 301 g/mol. The molecule has 0 aliphatic rings. The summed E-state index contributed by atoms with van der Waals surface area (Å²) < 4.78 is 0. The molecular weight excluding hydrogens is 284 g/mol. The van der Waals surface area contributed by atoms with Crippen LogP contribution in [-0.2, 0) is 0 Å². The summed E-state index contributed by atoms with van der Waals surface area (Å²) in [6.45, 7) is 1.73. The van der Waals surface area contributed by atoms with Crippen molar-refractivity contribution >= 4 is 23.1 Å². The fourth-order valence-electron chi connectivity index (χ4n) is 1.96. The molecule has 0 aliphatic carbocycles. The Kier molecular flexibility index (Phi) is 5.42. The second-order valence-electron chi connectivity index (χ2n) is 4.68. The number of aromatic nitrogens is 1. The molecule has 0 radical (unpaired) electrons.